The van der Waals surface area contributed by atoms with Crippen LogP contribution in [-0.2, 0) is 16.0 Å². The van der Waals surface area contributed by atoms with Crippen molar-refractivity contribution in [3.8, 4) is 0 Å². The Morgan fingerprint density at radius 3 is 2.70 bits per heavy atom. The van der Waals surface area contributed by atoms with E-state index in [4.69, 9.17) is 9.72 Å². The zero-order chi connectivity index (χ0) is 14.2. The molecule has 1 aromatic heterocycles. The van der Waals surface area contributed by atoms with E-state index in [2.05, 4.69) is 5.38 Å². The fraction of sp³-hybridized carbons (Fsp3) is 0.750. The molecule has 2 rings (SSSR count). The maximum atomic E-state index is 11.4. The van der Waals surface area contributed by atoms with Crippen molar-refractivity contribution in [3.05, 3.63) is 16.1 Å². The van der Waals surface area contributed by atoms with Gasteiger partial charge in [-0.1, -0.05) is 32.1 Å². The molecule has 0 N–H and O–H groups in total. The molecule has 0 saturated heterocycles. The highest BCUT2D eigenvalue weighted by Crippen LogP contribution is 2.32. The molecule has 1 aromatic rings. The lowest BCUT2D eigenvalue weighted by Gasteiger charge is -2.17. The number of esters is 1. The molecule has 4 heteroatoms. The Morgan fingerprint density at radius 2 is 2.00 bits per heavy atom. The van der Waals surface area contributed by atoms with E-state index in [0.717, 1.165) is 5.69 Å². The van der Waals surface area contributed by atoms with Gasteiger partial charge in [-0.2, -0.15) is 0 Å². The van der Waals surface area contributed by atoms with Gasteiger partial charge in [-0.05, 0) is 19.8 Å². The van der Waals surface area contributed by atoms with E-state index < -0.39 is 0 Å². The van der Waals surface area contributed by atoms with Crippen molar-refractivity contribution in [1.29, 1.82) is 0 Å². The lowest BCUT2D eigenvalue weighted by Crippen LogP contribution is -2.06. The van der Waals surface area contributed by atoms with E-state index in [0.29, 0.717) is 25.4 Å². The van der Waals surface area contributed by atoms with Crippen LogP contribution in [0.1, 0.15) is 74.9 Å². The third kappa shape index (κ3) is 4.89. The average molecular weight is 295 g/mol. The topological polar surface area (TPSA) is 39.2 Å². The van der Waals surface area contributed by atoms with Crippen LogP contribution in [0.25, 0.3) is 0 Å². The first-order valence-electron chi connectivity index (χ1n) is 7.89. The maximum absolute atomic E-state index is 11.4. The number of ether oxygens (including phenoxy) is 1. The first kappa shape index (κ1) is 15.5. The van der Waals surface area contributed by atoms with Gasteiger partial charge in [-0.3, -0.25) is 4.79 Å². The van der Waals surface area contributed by atoms with Crippen molar-refractivity contribution in [2.75, 3.05) is 6.61 Å². The number of nitrogens with zero attached hydrogens (tertiary/aromatic N) is 1. The molecular formula is C16H25NO2S. The van der Waals surface area contributed by atoms with Gasteiger partial charge in [-0.15, -0.1) is 11.3 Å². The van der Waals surface area contributed by atoms with Crippen molar-refractivity contribution in [1.82, 2.24) is 4.98 Å². The second kappa shape index (κ2) is 8.40. The van der Waals surface area contributed by atoms with Crippen LogP contribution in [0, 0.1) is 0 Å². The normalized spacial score (nSPS) is 17.4. The lowest BCUT2D eigenvalue weighted by molar-refractivity contribution is -0.143. The summed E-state index contributed by atoms with van der Waals surface area (Å²) in [4.78, 5) is 16.1. The third-order valence-corrected chi connectivity index (χ3v) is 4.97. The van der Waals surface area contributed by atoms with Gasteiger partial charge in [0.2, 0.25) is 0 Å². The summed E-state index contributed by atoms with van der Waals surface area (Å²) >= 11 is 1.77. The van der Waals surface area contributed by atoms with Gasteiger partial charge in [0.05, 0.1) is 23.7 Å². The van der Waals surface area contributed by atoms with Gasteiger partial charge in [-0.25, -0.2) is 4.98 Å². The summed E-state index contributed by atoms with van der Waals surface area (Å²) in [5.41, 5.74) is 1.06. The fourth-order valence-corrected chi connectivity index (χ4v) is 3.82. The first-order valence-corrected chi connectivity index (χ1v) is 8.77. The van der Waals surface area contributed by atoms with Crippen LogP contribution >= 0.6 is 11.3 Å². The number of hydrogen-bond acceptors (Lipinski definition) is 4. The molecule has 1 fully saturated rings. The van der Waals surface area contributed by atoms with Crippen LogP contribution < -0.4 is 0 Å². The summed E-state index contributed by atoms with van der Waals surface area (Å²) in [5.74, 6) is 0.532. The maximum Gasteiger partial charge on any atom is 0.306 e. The van der Waals surface area contributed by atoms with E-state index in [1.54, 1.807) is 11.3 Å². The first-order chi connectivity index (χ1) is 9.79. The van der Waals surface area contributed by atoms with Crippen LogP contribution in [0.5, 0.6) is 0 Å². The highest BCUT2D eigenvalue weighted by molar-refractivity contribution is 7.09. The van der Waals surface area contributed by atoms with E-state index in [-0.39, 0.29) is 5.97 Å². The predicted molar refractivity (Wildman–Crippen MR) is 82.1 cm³/mol. The lowest BCUT2D eigenvalue weighted by atomic mass is 9.92. The molecule has 0 atom stereocenters. The molecule has 0 radical (unpaired) electrons. The minimum Gasteiger partial charge on any atom is -0.466 e. The quantitative estimate of drug-likeness (QED) is 0.752. The molecule has 0 aromatic carbocycles. The molecule has 112 valence electrons. The second-order valence-corrected chi connectivity index (χ2v) is 6.41. The van der Waals surface area contributed by atoms with Crippen LogP contribution in [0.15, 0.2) is 5.38 Å². The molecule has 0 unspecified atom stereocenters. The standard InChI is InChI=1S/C16H25NO2S/c1-2-19-15(18)11-10-14-12-20-16(17-14)13-8-6-4-3-5-7-9-13/h12-13H,2-11H2,1H3. The minimum atomic E-state index is -0.118. The molecule has 20 heavy (non-hydrogen) atoms. The Kier molecular flexibility index (Phi) is 6.51. The zero-order valence-corrected chi connectivity index (χ0v) is 13.2. The summed E-state index contributed by atoms with van der Waals surface area (Å²) in [6, 6.07) is 0. The largest absolute Gasteiger partial charge is 0.466 e. The molecule has 0 spiro atoms. The van der Waals surface area contributed by atoms with E-state index in [1.807, 2.05) is 6.92 Å². The Balaban J connectivity index is 1.85. The smallest absolute Gasteiger partial charge is 0.306 e. The highest BCUT2D eigenvalue weighted by Gasteiger charge is 2.17. The Hall–Kier alpha value is -0.900. The van der Waals surface area contributed by atoms with Gasteiger partial charge in [0.1, 0.15) is 0 Å². The molecule has 0 bridgehead atoms. The predicted octanol–water partition coefficient (Wildman–Crippen LogP) is 4.47. The molecule has 1 saturated carbocycles. The van der Waals surface area contributed by atoms with Crippen LogP contribution in [0.4, 0.5) is 0 Å². The minimum absolute atomic E-state index is 0.118. The number of aryl methyl sites for hydroxylation is 1. The number of aromatic nitrogens is 1. The molecule has 0 aliphatic heterocycles. The van der Waals surface area contributed by atoms with Gasteiger partial charge in [0, 0.05) is 17.7 Å². The highest BCUT2D eigenvalue weighted by atomic mass is 32.1. The SMILES string of the molecule is CCOC(=O)CCc1csc(C2CCCCCCC2)n1. The van der Waals surface area contributed by atoms with Gasteiger partial charge >= 0.3 is 5.97 Å². The number of carbonyl (C=O) groups is 1. The number of carbonyl (C=O) groups excluding carboxylic acids is 1. The van der Waals surface area contributed by atoms with Crippen LogP contribution in [0.3, 0.4) is 0 Å². The van der Waals surface area contributed by atoms with Crippen LogP contribution in [-0.4, -0.2) is 17.6 Å². The van der Waals surface area contributed by atoms with E-state index >= 15 is 0 Å². The molecule has 1 aliphatic rings. The fourth-order valence-electron chi connectivity index (χ4n) is 2.79. The van der Waals surface area contributed by atoms with Crippen molar-refractivity contribution in [3.63, 3.8) is 0 Å². The number of thiazole rings is 1. The number of hydrogen-bond donors (Lipinski definition) is 0. The van der Waals surface area contributed by atoms with Gasteiger partial charge < -0.3 is 4.74 Å². The Labute approximate surface area is 125 Å². The summed E-state index contributed by atoms with van der Waals surface area (Å²) < 4.78 is 4.95. The monoisotopic (exact) mass is 295 g/mol. The molecule has 1 heterocycles. The zero-order valence-electron chi connectivity index (χ0n) is 12.4. The van der Waals surface area contributed by atoms with Crippen molar-refractivity contribution >= 4 is 17.3 Å². The molecule has 0 amide bonds. The van der Waals surface area contributed by atoms with Crippen LogP contribution in [0.2, 0.25) is 0 Å². The van der Waals surface area contributed by atoms with E-state index in [1.165, 1.54) is 50.0 Å². The Morgan fingerprint density at radius 1 is 1.30 bits per heavy atom. The van der Waals surface area contributed by atoms with Crippen molar-refractivity contribution in [2.45, 2.75) is 70.6 Å². The van der Waals surface area contributed by atoms with Crippen molar-refractivity contribution < 1.29 is 9.53 Å². The summed E-state index contributed by atoms with van der Waals surface area (Å²) in [6.45, 7) is 2.30. The molecule has 3 nitrogen and oxygen atoms in total. The average Bonchev–Trinajstić information content (AvgIpc) is 2.85. The molecular weight excluding hydrogens is 270 g/mol. The molecule has 1 aliphatic carbocycles. The van der Waals surface area contributed by atoms with Crippen molar-refractivity contribution in [2.24, 2.45) is 0 Å². The van der Waals surface area contributed by atoms with Gasteiger partial charge in [0.15, 0.2) is 0 Å². The number of rotatable bonds is 5. The van der Waals surface area contributed by atoms with Gasteiger partial charge in [0.25, 0.3) is 0 Å². The third-order valence-electron chi connectivity index (χ3n) is 3.91. The summed E-state index contributed by atoms with van der Waals surface area (Å²) in [7, 11) is 0. The second-order valence-electron chi connectivity index (χ2n) is 5.52. The van der Waals surface area contributed by atoms with E-state index in [9.17, 15) is 4.79 Å². The summed E-state index contributed by atoms with van der Waals surface area (Å²) in [6.07, 6.45) is 10.5. The summed E-state index contributed by atoms with van der Waals surface area (Å²) in [5, 5.41) is 3.40. The Bertz CT molecular complexity index is 408.